The minimum atomic E-state index is -0.665. The van der Waals surface area contributed by atoms with Crippen molar-refractivity contribution in [3.63, 3.8) is 0 Å². The zero-order valence-corrected chi connectivity index (χ0v) is 16.5. The number of fused-ring (bicyclic) bond motifs is 1. The third-order valence-electron chi connectivity index (χ3n) is 3.97. The van der Waals surface area contributed by atoms with Crippen LogP contribution in [-0.2, 0) is 6.61 Å². The van der Waals surface area contributed by atoms with Gasteiger partial charge in [-0.1, -0.05) is 17.7 Å². The summed E-state index contributed by atoms with van der Waals surface area (Å²) < 4.78 is 29.7. The fraction of sp³-hybridized carbons (Fsp3) is 0.111. The Hall–Kier alpha value is -2.88. The van der Waals surface area contributed by atoms with E-state index in [1.807, 2.05) is 0 Å². The van der Waals surface area contributed by atoms with Gasteiger partial charge in [-0.05, 0) is 19.1 Å². The SMILES string of the molecule is Cc1nc(CO)cc(Nc2ncc(F)c3nn(-c4c(F)cccc4Cl)cc23)n1.Cl. The van der Waals surface area contributed by atoms with E-state index in [2.05, 4.69) is 25.4 Å². The quantitative estimate of drug-likeness (QED) is 0.498. The molecule has 0 aliphatic heterocycles. The summed E-state index contributed by atoms with van der Waals surface area (Å²) in [5.74, 6) is -0.184. The van der Waals surface area contributed by atoms with Crippen molar-refractivity contribution in [2.45, 2.75) is 13.5 Å². The van der Waals surface area contributed by atoms with Crippen LogP contribution in [0.2, 0.25) is 5.02 Å². The van der Waals surface area contributed by atoms with Crippen molar-refractivity contribution in [2.75, 3.05) is 5.32 Å². The molecule has 11 heteroatoms. The molecule has 0 fully saturated rings. The van der Waals surface area contributed by atoms with Crippen molar-refractivity contribution in [3.05, 3.63) is 64.8 Å². The minimum Gasteiger partial charge on any atom is -0.390 e. The third kappa shape index (κ3) is 3.98. The summed E-state index contributed by atoms with van der Waals surface area (Å²) in [7, 11) is 0. The van der Waals surface area contributed by atoms with Gasteiger partial charge in [0.15, 0.2) is 5.82 Å². The number of anilines is 2. The molecule has 0 unspecified atom stereocenters. The van der Waals surface area contributed by atoms with Crippen molar-refractivity contribution < 1.29 is 13.9 Å². The maximum absolute atomic E-state index is 14.3. The van der Waals surface area contributed by atoms with Crippen molar-refractivity contribution in [3.8, 4) is 5.69 Å². The fourth-order valence-corrected chi connectivity index (χ4v) is 3.04. The Balaban J connectivity index is 0.00000240. The predicted molar refractivity (Wildman–Crippen MR) is 107 cm³/mol. The molecule has 29 heavy (non-hydrogen) atoms. The number of para-hydroxylation sites is 1. The molecular formula is C18H14Cl2F2N6O. The van der Waals surface area contributed by atoms with Gasteiger partial charge in [0, 0.05) is 12.3 Å². The molecule has 0 spiro atoms. The molecule has 7 nitrogen and oxygen atoms in total. The first-order chi connectivity index (χ1) is 13.5. The van der Waals surface area contributed by atoms with Gasteiger partial charge in [-0.3, -0.25) is 0 Å². The van der Waals surface area contributed by atoms with Gasteiger partial charge in [0.25, 0.3) is 0 Å². The second-order valence-electron chi connectivity index (χ2n) is 5.94. The predicted octanol–water partition coefficient (Wildman–Crippen LogP) is 4.11. The van der Waals surface area contributed by atoms with Crippen LogP contribution in [0.25, 0.3) is 16.6 Å². The molecule has 0 saturated heterocycles. The number of aromatic nitrogens is 5. The molecule has 4 rings (SSSR count). The minimum absolute atomic E-state index is 0. The normalized spacial score (nSPS) is 10.8. The first-order valence-corrected chi connectivity index (χ1v) is 8.55. The van der Waals surface area contributed by atoms with Crippen LogP contribution < -0.4 is 5.32 Å². The average molecular weight is 439 g/mol. The van der Waals surface area contributed by atoms with Gasteiger partial charge in [0.1, 0.15) is 34.5 Å². The molecule has 1 aromatic carbocycles. The Morgan fingerprint density at radius 2 is 2.00 bits per heavy atom. The first kappa shape index (κ1) is 20.8. The maximum Gasteiger partial charge on any atom is 0.169 e. The van der Waals surface area contributed by atoms with Crippen LogP contribution >= 0.6 is 24.0 Å². The molecule has 3 aromatic heterocycles. The third-order valence-corrected chi connectivity index (χ3v) is 4.27. The van der Waals surface area contributed by atoms with Crippen molar-refractivity contribution in [1.82, 2.24) is 24.7 Å². The fourth-order valence-electron chi connectivity index (χ4n) is 2.79. The average Bonchev–Trinajstić information content (AvgIpc) is 3.09. The molecule has 0 aliphatic rings. The van der Waals surface area contributed by atoms with E-state index >= 15 is 0 Å². The monoisotopic (exact) mass is 438 g/mol. The zero-order chi connectivity index (χ0) is 19.8. The summed E-state index contributed by atoms with van der Waals surface area (Å²) in [5.41, 5.74) is 0.415. The number of pyridine rings is 1. The van der Waals surface area contributed by atoms with E-state index in [4.69, 9.17) is 11.6 Å². The number of nitrogens with one attached hydrogen (secondary N) is 1. The molecule has 0 aliphatic carbocycles. The Morgan fingerprint density at radius 3 is 2.72 bits per heavy atom. The number of benzene rings is 1. The topological polar surface area (TPSA) is 88.8 Å². The first-order valence-electron chi connectivity index (χ1n) is 8.17. The highest BCUT2D eigenvalue weighted by Gasteiger charge is 2.17. The van der Waals surface area contributed by atoms with Gasteiger partial charge in [-0.15, -0.1) is 12.4 Å². The number of halogens is 4. The molecule has 0 amide bonds. The van der Waals surface area contributed by atoms with Gasteiger partial charge in [0.2, 0.25) is 0 Å². The van der Waals surface area contributed by atoms with Crippen LogP contribution in [0.5, 0.6) is 0 Å². The molecule has 0 bridgehead atoms. The number of aryl methyl sites for hydroxylation is 1. The van der Waals surface area contributed by atoms with E-state index < -0.39 is 11.6 Å². The lowest BCUT2D eigenvalue weighted by atomic mass is 10.3. The molecule has 3 heterocycles. The van der Waals surface area contributed by atoms with Crippen molar-refractivity contribution in [2.24, 2.45) is 0 Å². The van der Waals surface area contributed by atoms with Crippen LogP contribution in [0.15, 0.2) is 36.7 Å². The van der Waals surface area contributed by atoms with E-state index in [0.29, 0.717) is 22.7 Å². The van der Waals surface area contributed by atoms with E-state index in [1.54, 1.807) is 13.0 Å². The highest BCUT2D eigenvalue weighted by atomic mass is 35.5. The summed E-state index contributed by atoms with van der Waals surface area (Å²) in [6.45, 7) is 1.42. The number of hydrogen-bond acceptors (Lipinski definition) is 6. The lowest BCUT2D eigenvalue weighted by Crippen LogP contribution is -2.02. The lowest BCUT2D eigenvalue weighted by molar-refractivity contribution is 0.276. The summed E-state index contributed by atoms with van der Waals surface area (Å²) in [5, 5.41) is 16.8. The number of hydrogen-bond donors (Lipinski definition) is 2. The number of nitrogens with zero attached hydrogens (tertiary/aromatic N) is 5. The number of aliphatic hydroxyl groups is 1. The van der Waals surface area contributed by atoms with E-state index in [1.165, 1.54) is 29.1 Å². The molecule has 0 atom stereocenters. The van der Waals surface area contributed by atoms with Crippen LogP contribution in [0.4, 0.5) is 20.4 Å². The van der Waals surface area contributed by atoms with Gasteiger partial charge in [-0.2, -0.15) is 5.10 Å². The summed E-state index contributed by atoms with van der Waals surface area (Å²) in [6, 6.07) is 5.76. The van der Waals surface area contributed by atoms with Gasteiger partial charge < -0.3 is 10.4 Å². The van der Waals surface area contributed by atoms with Crippen LogP contribution in [0.1, 0.15) is 11.5 Å². The summed E-state index contributed by atoms with van der Waals surface area (Å²) >= 11 is 6.09. The Bertz CT molecular complexity index is 1180. The zero-order valence-electron chi connectivity index (χ0n) is 14.9. The van der Waals surface area contributed by atoms with E-state index in [0.717, 1.165) is 6.20 Å². The van der Waals surface area contributed by atoms with Crippen LogP contribution in [-0.4, -0.2) is 29.8 Å². The van der Waals surface area contributed by atoms with Gasteiger partial charge in [-0.25, -0.2) is 28.4 Å². The van der Waals surface area contributed by atoms with E-state index in [-0.39, 0.29) is 41.1 Å². The Labute approximate surface area is 174 Å². The van der Waals surface area contributed by atoms with Crippen molar-refractivity contribution in [1.29, 1.82) is 0 Å². The van der Waals surface area contributed by atoms with Gasteiger partial charge >= 0.3 is 0 Å². The van der Waals surface area contributed by atoms with Crippen LogP contribution in [0, 0.1) is 18.6 Å². The molecule has 0 saturated carbocycles. The van der Waals surface area contributed by atoms with Crippen molar-refractivity contribution >= 4 is 46.5 Å². The van der Waals surface area contributed by atoms with E-state index in [9.17, 15) is 13.9 Å². The smallest absolute Gasteiger partial charge is 0.169 e. The Morgan fingerprint density at radius 1 is 1.21 bits per heavy atom. The second-order valence-corrected chi connectivity index (χ2v) is 6.34. The van der Waals surface area contributed by atoms with Crippen LogP contribution in [0.3, 0.4) is 0 Å². The molecule has 0 radical (unpaired) electrons. The Kier molecular flexibility index (Phi) is 5.92. The molecule has 2 N–H and O–H groups in total. The lowest BCUT2D eigenvalue weighted by Gasteiger charge is -2.08. The highest BCUT2D eigenvalue weighted by molar-refractivity contribution is 6.32. The second kappa shape index (κ2) is 8.24. The highest BCUT2D eigenvalue weighted by Crippen LogP contribution is 2.29. The standard InChI is InChI=1S/C18H13ClF2N6O.ClH/c1-9-23-10(8-28)5-15(24-9)25-18-11-7-27(26-16(11)14(21)6-22-18)17-12(19)3-2-4-13(17)20;/h2-7,28H,8H2,1H3,(H,22,23,24,25);1H. The maximum atomic E-state index is 14.3. The molecule has 4 aromatic rings. The van der Waals surface area contributed by atoms with Gasteiger partial charge in [0.05, 0.1) is 28.9 Å². The molecular weight excluding hydrogens is 425 g/mol. The molecule has 150 valence electrons. The summed E-state index contributed by atoms with van der Waals surface area (Å²) in [6.07, 6.45) is 2.44. The number of rotatable bonds is 4. The summed E-state index contributed by atoms with van der Waals surface area (Å²) in [4.78, 5) is 12.4. The number of aliphatic hydroxyl groups excluding tert-OH is 1. The largest absolute Gasteiger partial charge is 0.390 e.